The van der Waals surface area contributed by atoms with Gasteiger partial charge in [-0.2, -0.15) is 0 Å². The Bertz CT molecular complexity index is 1000. The van der Waals surface area contributed by atoms with E-state index >= 15 is 0 Å². The average Bonchev–Trinajstić information content (AvgIpc) is 2.96. The summed E-state index contributed by atoms with van der Waals surface area (Å²) in [6.45, 7) is 1.57. The highest BCUT2D eigenvalue weighted by atomic mass is 32.2. The summed E-state index contributed by atoms with van der Waals surface area (Å²) in [5.74, 6) is -0.237. The lowest BCUT2D eigenvalue weighted by atomic mass is 10.1. The molecule has 8 heteroatoms. The lowest BCUT2D eigenvalue weighted by Crippen LogP contribution is -2.13. The number of benzene rings is 2. The van der Waals surface area contributed by atoms with E-state index in [4.69, 9.17) is 9.26 Å². The second-order valence-corrected chi connectivity index (χ2v) is 6.91. The van der Waals surface area contributed by atoms with Gasteiger partial charge in [0.05, 0.1) is 12.0 Å². The van der Waals surface area contributed by atoms with Crippen LogP contribution in [-0.2, 0) is 10.0 Å². The van der Waals surface area contributed by atoms with Gasteiger partial charge in [-0.1, -0.05) is 23.4 Å². The summed E-state index contributed by atoms with van der Waals surface area (Å²) in [7, 11) is -2.47. The number of sulfonamides is 1. The van der Waals surface area contributed by atoms with Crippen molar-refractivity contribution in [3.05, 3.63) is 60.1 Å². The number of nitrogens with one attached hydrogen (secondary N) is 1. The molecule has 25 heavy (non-hydrogen) atoms. The minimum atomic E-state index is -3.83. The van der Waals surface area contributed by atoms with Gasteiger partial charge in [-0.3, -0.25) is 4.72 Å². The zero-order valence-electron chi connectivity index (χ0n) is 13.5. The fourth-order valence-corrected chi connectivity index (χ4v) is 3.44. The fraction of sp³-hybridized carbons (Fsp3) is 0.118. The molecule has 0 unspecified atom stereocenters. The Morgan fingerprint density at radius 3 is 2.52 bits per heavy atom. The van der Waals surface area contributed by atoms with Gasteiger partial charge in [0.25, 0.3) is 10.0 Å². The molecule has 0 spiro atoms. The Morgan fingerprint density at radius 1 is 1.16 bits per heavy atom. The van der Waals surface area contributed by atoms with E-state index in [0.29, 0.717) is 5.56 Å². The summed E-state index contributed by atoms with van der Waals surface area (Å²) < 4.78 is 51.4. The number of rotatable bonds is 5. The molecule has 0 aliphatic carbocycles. The van der Waals surface area contributed by atoms with Crippen molar-refractivity contribution in [1.82, 2.24) is 5.16 Å². The van der Waals surface area contributed by atoms with Crippen molar-refractivity contribution in [2.75, 3.05) is 11.8 Å². The van der Waals surface area contributed by atoms with Crippen LogP contribution in [0.5, 0.6) is 5.75 Å². The smallest absolute Gasteiger partial charge is 0.262 e. The molecule has 0 saturated carbocycles. The fourth-order valence-electron chi connectivity index (χ4n) is 2.30. The molecule has 0 fully saturated rings. The molecule has 3 rings (SSSR count). The second kappa shape index (κ2) is 6.56. The summed E-state index contributed by atoms with van der Waals surface area (Å²) in [6, 6.07) is 12.1. The monoisotopic (exact) mass is 362 g/mol. The number of anilines is 1. The van der Waals surface area contributed by atoms with Crippen molar-refractivity contribution >= 4 is 15.7 Å². The normalized spacial score (nSPS) is 11.3. The highest BCUT2D eigenvalue weighted by Gasteiger charge is 2.22. The number of aryl methyl sites for hydroxylation is 1. The predicted molar refractivity (Wildman–Crippen MR) is 90.4 cm³/mol. The summed E-state index contributed by atoms with van der Waals surface area (Å²) >= 11 is 0. The van der Waals surface area contributed by atoms with Crippen LogP contribution < -0.4 is 9.46 Å². The van der Waals surface area contributed by atoms with Crippen LogP contribution in [0, 0.1) is 12.7 Å². The van der Waals surface area contributed by atoms with Gasteiger partial charge in [0.15, 0.2) is 17.3 Å². The lowest BCUT2D eigenvalue weighted by molar-refractivity contribution is 0.386. The third-order valence-electron chi connectivity index (χ3n) is 3.58. The maximum absolute atomic E-state index is 14.0. The number of halogens is 1. The van der Waals surface area contributed by atoms with Gasteiger partial charge >= 0.3 is 0 Å². The van der Waals surface area contributed by atoms with E-state index in [2.05, 4.69) is 9.88 Å². The minimum absolute atomic E-state index is 0.0791. The number of hydrogen-bond donors (Lipinski definition) is 1. The van der Waals surface area contributed by atoms with E-state index in [1.807, 2.05) is 0 Å². The third-order valence-corrected chi connectivity index (χ3v) is 4.94. The van der Waals surface area contributed by atoms with Crippen LogP contribution in [-0.4, -0.2) is 20.7 Å². The van der Waals surface area contributed by atoms with Crippen LogP contribution in [0.1, 0.15) is 5.76 Å². The Morgan fingerprint density at radius 2 is 1.88 bits per heavy atom. The van der Waals surface area contributed by atoms with Gasteiger partial charge in [-0.05, 0) is 37.3 Å². The Hall–Kier alpha value is -2.87. The predicted octanol–water partition coefficient (Wildman–Crippen LogP) is 3.60. The molecule has 0 atom stereocenters. The number of aromatic nitrogens is 1. The molecule has 6 nitrogen and oxygen atoms in total. The third kappa shape index (κ3) is 3.34. The van der Waals surface area contributed by atoms with Gasteiger partial charge in [-0.25, -0.2) is 12.8 Å². The van der Waals surface area contributed by atoms with E-state index in [9.17, 15) is 12.8 Å². The number of hydrogen-bond acceptors (Lipinski definition) is 5. The molecule has 0 saturated heterocycles. The number of ether oxygens (including phenoxy) is 1. The van der Waals surface area contributed by atoms with E-state index in [1.165, 1.54) is 31.4 Å². The highest BCUT2D eigenvalue weighted by molar-refractivity contribution is 7.92. The van der Waals surface area contributed by atoms with Crippen LogP contribution in [0.4, 0.5) is 10.1 Å². The number of nitrogens with zero attached hydrogens (tertiary/aromatic N) is 1. The Balaban J connectivity index is 2.02. The summed E-state index contributed by atoms with van der Waals surface area (Å²) in [4.78, 5) is 0.0995. The van der Waals surface area contributed by atoms with Gasteiger partial charge in [0.1, 0.15) is 11.4 Å². The Kier molecular flexibility index (Phi) is 4.45. The minimum Gasteiger partial charge on any atom is -0.494 e. The second-order valence-electron chi connectivity index (χ2n) is 5.23. The topological polar surface area (TPSA) is 81.4 Å². The zero-order valence-corrected chi connectivity index (χ0v) is 14.3. The molecule has 0 aliphatic heterocycles. The molecule has 0 radical (unpaired) electrons. The van der Waals surface area contributed by atoms with Crippen LogP contribution in [0.25, 0.3) is 11.3 Å². The first-order valence-electron chi connectivity index (χ1n) is 7.30. The van der Waals surface area contributed by atoms with Crippen molar-refractivity contribution in [3.63, 3.8) is 0 Å². The maximum atomic E-state index is 14.0. The molecule has 1 heterocycles. The van der Waals surface area contributed by atoms with Gasteiger partial charge in [0.2, 0.25) is 0 Å². The molecular formula is C17H15FN2O4S. The molecule has 0 bridgehead atoms. The molecule has 1 aromatic heterocycles. The molecule has 1 N–H and O–H groups in total. The first-order valence-corrected chi connectivity index (χ1v) is 8.79. The van der Waals surface area contributed by atoms with E-state index in [1.54, 1.807) is 31.2 Å². The summed E-state index contributed by atoms with van der Waals surface area (Å²) in [6.07, 6.45) is 0. The molecule has 130 valence electrons. The van der Waals surface area contributed by atoms with E-state index in [0.717, 1.165) is 0 Å². The molecule has 2 aromatic carbocycles. The van der Waals surface area contributed by atoms with Crippen LogP contribution in [0.15, 0.2) is 57.9 Å². The SMILES string of the molecule is COc1ccc(-c2noc(C)c2NS(=O)(=O)c2ccccc2)cc1F. The van der Waals surface area contributed by atoms with Gasteiger partial charge in [-0.15, -0.1) is 0 Å². The molecule has 0 aliphatic rings. The molecular weight excluding hydrogens is 347 g/mol. The first-order chi connectivity index (χ1) is 11.9. The van der Waals surface area contributed by atoms with E-state index in [-0.39, 0.29) is 27.8 Å². The summed E-state index contributed by atoms with van der Waals surface area (Å²) in [5, 5.41) is 3.85. The van der Waals surface area contributed by atoms with Gasteiger partial charge < -0.3 is 9.26 Å². The Labute approximate surface area is 144 Å². The number of methoxy groups -OCH3 is 1. The first kappa shape index (κ1) is 17.0. The lowest BCUT2D eigenvalue weighted by Gasteiger charge is -2.09. The van der Waals surface area contributed by atoms with Crippen molar-refractivity contribution < 1.29 is 22.1 Å². The van der Waals surface area contributed by atoms with Gasteiger partial charge in [0, 0.05) is 5.56 Å². The van der Waals surface area contributed by atoms with Crippen molar-refractivity contribution in [1.29, 1.82) is 0 Å². The molecule has 0 amide bonds. The highest BCUT2D eigenvalue weighted by Crippen LogP contribution is 2.33. The zero-order chi connectivity index (χ0) is 18.0. The van der Waals surface area contributed by atoms with Crippen molar-refractivity contribution in [3.8, 4) is 17.0 Å². The maximum Gasteiger partial charge on any atom is 0.262 e. The van der Waals surface area contributed by atoms with E-state index < -0.39 is 15.8 Å². The standard InChI is InChI=1S/C17H15FN2O4S/c1-11-16(20-25(21,22)13-6-4-3-5-7-13)17(19-24-11)12-8-9-15(23-2)14(18)10-12/h3-10,20H,1-2H3. The van der Waals surface area contributed by atoms with Crippen LogP contribution in [0.2, 0.25) is 0 Å². The quantitative estimate of drug-likeness (QED) is 0.750. The summed E-state index contributed by atoms with van der Waals surface area (Å²) in [5.41, 5.74) is 0.716. The molecule has 3 aromatic rings. The average molecular weight is 362 g/mol. The largest absolute Gasteiger partial charge is 0.494 e. The van der Waals surface area contributed by atoms with Crippen molar-refractivity contribution in [2.45, 2.75) is 11.8 Å². The van der Waals surface area contributed by atoms with Crippen LogP contribution in [0.3, 0.4) is 0 Å². The van der Waals surface area contributed by atoms with Crippen LogP contribution >= 0.6 is 0 Å². The van der Waals surface area contributed by atoms with Crippen molar-refractivity contribution in [2.24, 2.45) is 0 Å².